The van der Waals surface area contributed by atoms with Crippen molar-refractivity contribution in [2.45, 2.75) is 24.8 Å². The van der Waals surface area contributed by atoms with Crippen molar-refractivity contribution in [3.8, 4) is 11.4 Å². The van der Waals surface area contributed by atoms with Crippen LogP contribution in [0.5, 0.6) is 0 Å². The highest BCUT2D eigenvalue weighted by atomic mass is 16.2. The van der Waals surface area contributed by atoms with Gasteiger partial charge in [-0.3, -0.25) is 14.6 Å². The van der Waals surface area contributed by atoms with Crippen LogP contribution in [0, 0.1) is 0 Å². The van der Waals surface area contributed by atoms with E-state index in [4.69, 9.17) is 0 Å². The summed E-state index contributed by atoms with van der Waals surface area (Å²) in [6.45, 7) is 0. The van der Waals surface area contributed by atoms with Gasteiger partial charge in [0.15, 0.2) is 11.9 Å². The zero-order chi connectivity index (χ0) is 19.6. The second-order valence-electron chi connectivity index (χ2n) is 7.19. The van der Waals surface area contributed by atoms with Crippen LogP contribution in [0.4, 0.5) is 5.69 Å². The molecule has 7 nitrogen and oxygen atoms in total. The van der Waals surface area contributed by atoms with Gasteiger partial charge in [-0.2, -0.15) is 10.2 Å². The molecule has 1 amide bonds. The van der Waals surface area contributed by atoms with Gasteiger partial charge in [-0.25, -0.2) is 4.98 Å². The average Bonchev–Trinajstić information content (AvgIpc) is 3.24. The van der Waals surface area contributed by atoms with E-state index in [0.717, 1.165) is 17.0 Å². The van der Waals surface area contributed by atoms with Gasteiger partial charge in [0.25, 0.3) is 5.91 Å². The lowest BCUT2D eigenvalue weighted by molar-refractivity contribution is -0.118. The fourth-order valence-corrected chi connectivity index (χ4v) is 3.38. The number of aromatic nitrogens is 5. The topological polar surface area (TPSA) is 88.5 Å². The fraction of sp³-hybridized carbons (Fsp3) is 0.182. The summed E-state index contributed by atoms with van der Waals surface area (Å²) in [5.74, 6) is 1.94. The summed E-state index contributed by atoms with van der Waals surface area (Å²) in [6.07, 6.45) is 5.79. The Balaban J connectivity index is 1.40. The van der Waals surface area contributed by atoms with E-state index in [1.807, 2.05) is 60.7 Å². The third-order valence-corrected chi connectivity index (χ3v) is 5.01. The highest BCUT2D eigenvalue weighted by Crippen LogP contribution is 2.38. The summed E-state index contributed by atoms with van der Waals surface area (Å²) in [6, 6.07) is 18.5. The van der Waals surface area contributed by atoms with Gasteiger partial charge >= 0.3 is 0 Å². The number of aromatic amines is 1. The lowest BCUT2D eigenvalue weighted by Gasteiger charge is -2.18. The second-order valence-corrected chi connectivity index (χ2v) is 7.19. The number of anilines is 1. The van der Waals surface area contributed by atoms with Crippen molar-refractivity contribution in [2.75, 3.05) is 5.32 Å². The van der Waals surface area contributed by atoms with E-state index in [2.05, 4.69) is 25.6 Å². The Morgan fingerprint density at radius 3 is 2.72 bits per heavy atom. The first-order valence-corrected chi connectivity index (χ1v) is 9.65. The van der Waals surface area contributed by atoms with Crippen molar-refractivity contribution in [3.63, 3.8) is 0 Å². The molecule has 0 radical (unpaired) electrons. The number of benzene rings is 2. The smallest absolute Gasteiger partial charge is 0.253 e. The molecule has 4 aromatic rings. The van der Waals surface area contributed by atoms with Gasteiger partial charge in [0.1, 0.15) is 5.82 Å². The lowest BCUT2D eigenvalue weighted by Crippen LogP contribution is -2.27. The zero-order valence-corrected chi connectivity index (χ0v) is 15.7. The van der Waals surface area contributed by atoms with Crippen LogP contribution in [-0.4, -0.2) is 30.9 Å². The van der Waals surface area contributed by atoms with Crippen LogP contribution < -0.4 is 5.32 Å². The molecule has 7 heteroatoms. The van der Waals surface area contributed by atoms with E-state index < -0.39 is 6.04 Å². The summed E-state index contributed by atoms with van der Waals surface area (Å²) in [4.78, 5) is 17.7. The van der Waals surface area contributed by atoms with Crippen molar-refractivity contribution in [1.82, 2.24) is 25.0 Å². The summed E-state index contributed by atoms with van der Waals surface area (Å²) < 4.78 is 1.66. The summed E-state index contributed by atoms with van der Waals surface area (Å²) in [5, 5.41) is 14.6. The summed E-state index contributed by atoms with van der Waals surface area (Å²) >= 11 is 0. The highest BCUT2D eigenvalue weighted by molar-refractivity contribution is 5.96. The Hall–Kier alpha value is -3.74. The molecular formula is C22H20N6O. The zero-order valence-electron chi connectivity index (χ0n) is 15.7. The maximum atomic E-state index is 13.2. The number of nitrogens with one attached hydrogen (secondary N) is 2. The Labute approximate surface area is 167 Å². The van der Waals surface area contributed by atoms with E-state index in [1.165, 1.54) is 12.8 Å². The molecule has 2 aromatic carbocycles. The minimum Gasteiger partial charge on any atom is -0.324 e. The minimum atomic E-state index is -0.556. The molecule has 0 bridgehead atoms. The van der Waals surface area contributed by atoms with E-state index >= 15 is 0 Å². The van der Waals surface area contributed by atoms with Crippen LogP contribution in [-0.2, 0) is 4.79 Å². The Morgan fingerprint density at radius 1 is 1.10 bits per heavy atom. The minimum absolute atomic E-state index is 0.161. The van der Waals surface area contributed by atoms with E-state index in [0.29, 0.717) is 17.4 Å². The number of amides is 1. The molecule has 0 saturated heterocycles. The molecule has 1 unspecified atom stereocenters. The molecule has 2 N–H and O–H groups in total. The number of hydrogen-bond acceptors (Lipinski definition) is 4. The normalized spacial score (nSPS) is 14.5. The molecule has 2 aromatic heterocycles. The van der Waals surface area contributed by atoms with Crippen LogP contribution in [0.2, 0.25) is 0 Å². The number of nitrogens with zero attached hydrogens (tertiary/aromatic N) is 4. The van der Waals surface area contributed by atoms with Crippen molar-refractivity contribution in [2.24, 2.45) is 0 Å². The Morgan fingerprint density at radius 2 is 1.97 bits per heavy atom. The van der Waals surface area contributed by atoms with Crippen molar-refractivity contribution >= 4 is 11.6 Å². The van der Waals surface area contributed by atoms with Gasteiger partial charge in [-0.15, -0.1) is 0 Å². The first-order chi connectivity index (χ1) is 14.3. The van der Waals surface area contributed by atoms with Crippen LogP contribution in [0.25, 0.3) is 11.4 Å². The third-order valence-electron chi connectivity index (χ3n) is 5.01. The van der Waals surface area contributed by atoms with Gasteiger partial charge in [0.2, 0.25) is 0 Å². The molecule has 5 rings (SSSR count). The van der Waals surface area contributed by atoms with Gasteiger partial charge < -0.3 is 5.32 Å². The van der Waals surface area contributed by atoms with Crippen molar-refractivity contribution < 1.29 is 4.79 Å². The third kappa shape index (κ3) is 3.67. The Bertz CT molecular complexity index is 1120. The number of rotatable bonds is 6. The predicted octanol–water partition coefficient (Wildman–Crippen LogP) is 3.77. The SMILES string of the molecule is O=C(Nc1cccc(-c2n[nH]c(C3CC3)n2)c1)C(c1ccccc1)n1cccn1. The molecule has 0 spiro atoms. The number of carbonyl (C=O) groups excluding carboxylic acids is 1. The number of hydrogen-bond donors (Lipinski definition) is 2. The first kappa shape index (κ1) is 17.4. The molecule has 29 heavy (non-hydrogen) atoms. The van der Waals surface area contributed by atoms with Crippen molar-refractivity contribution in [1.29, 1.82) is 0 Å². The molecule has 1 aliphatic carbocycles. The molecule has 1 aliphatic rings. The summed E-state index contributed by atoms with van der Waals surface area (Å²) in [7, 11) is 0. The largest absolute Gasteiger partial charge is 0.324 e. The van der Waals surface area contributed by atoms with Crippen LogP contribution in [0.15, 0.2) is 73.1 Å². The second kappa shape index (κ2) is 7.35. The fourth-order valence-electron chi connectivity index (χ4n) is 3.38. The van der Waals surface area contributed by atoms with E-state index in [-0.39, 0.29) is 5.91 Å². The lowest BCUT2D eigenvalue weighted by atomic mass is 10.1. The monoisotopic (exact) mass is 384 g/mol. The van der Waals surface area contributed by atoms with E-state index in [9.17, 15) is 4.79 Å². The maximum absolute atomic E-state index is 13.2. The van der Waals surface area contributed by atoms with Gasteiger partial charge in [0.05, 0.1) is 0 Å². The first-order valence-electron chi connectivity index (χ1n) is 9.65. The molecule has 1 atom stereocenters. The van der Waals surface area contributed by atoms with E-state index in [1.54, 1.807) is 17.1 Å². The highest BCUT2D eigenvalue weighted by Gasteiger charge is 2.27. The van der Waals surface area contributed by atoms with Gasteiger partial charge in [-0.1, -0.05) is 42.5 Å². The van der Waals surface area contributed by atoms with Gasteiger partial charge in [0, 0.05) is 29.6 Å². The number of H-pyrrole nitrogens is 1. The molecule has 0 aliphatic heterocycles. The standard InChI is InChI=1S/C22H20N6O/c29-22(19(28-13-5-12-23-28)15-6-2-1-3-7-15)24-18-9-4-8-17(14-18)21-25-20(26-27-21)16-10-11-16/h1-9,12-14,16,19H,10-11H2,(H,24,29)(H,25,26,27). The maximum Gasteiger partial charge on any atom is 0.253 e. The van der Waals surface area contributed by atoms with Crippen LogP contribution in [0.3, 0.4) is 0 Å². The van der Waals surface area contributed by atoms with Crippen LogP contribution >= 0.6 is 0 Å². The van der Waals surface area contributed by atoms with Gasteiger partial charge in [-0.05, 0) is 36.6 Å². The van der Waals surface area contributed by atoms with Crippen LogP contribution in [0.1, 0.15) is 36.2 Å². The molecular weight excluding hydrogens is 364 g/mol. The molecule has 2 heterocycles. The van der Waals surface area contributed by atoms with Crippen molar-refractivity contribution in [3.05, 3.63) is 84.4 Å². The number of carbonyl (C=O) groups is 1. The quantitative estimate of drug-likeness (QED) is 0.530. The Kier molecular flexibility index (Phi) is 4.40. The molecule has 1 saturated carbocycles. The summed E-state index contributed by atoms with van der Waals surface area (Å²) in [5.41, 5.74) is 2.42. The average molecular weight is 384 g/mol. The predicted molar refractivity (Wildman–Crippen MR) is 109 cm³/mol. The molecule has 144 valence electrons. The molecule has 1 fully saturated rings.